The smallest absolute Gasteiger partial charge is 0.331 e. The van der Waals surface area contributed by atoms with Gasteiger partial charge in [-0.05, 0) is 27.7 Å². The first-order chi connectivity index (χ1) is 7.82. The van der Waals surface area contributed by atoms with Crippen molar-refractivity contribution in [3.05, 3.63) is 11.1 Å². The molecule has 1 N–H and O–H groups in total. The highest BCUT2D eigenvalue weighted by Gasteiger charge is 2.27. The van der Waals surface area contributed by atoms with E-state index >= 15 is 0 Å². The fraction of sp³-hybridized carbons (Fsp3) is 0.667. The Balaban J connectivity index is 2.83. The predicted octanol–water partition coefficient (Wildman–Crippen LogP) is 1.04. The van der Waals surface area contributed by atoms with Gasteiger partial charge in [0.1, 0.15) is 0 Å². The number of carboxylic acids is 1. The van der Waals surface area contributed by atoms with Crippen LogP contribution in [0.25, 0.3) is 0 Å². The van der Waals surface area contributed by atoms with Gasteiger partial charge in [-0.15, -0.1) is 0 Å². The van der Waals surface area contributed by atoms with Crippen molar-refractivity contribution in [1.82, 2.24) is 4.90 Å². The molecule has 2 unspecified atom stereocenters. The fourth-order valence-corrected chi connectivity index (χ4v) is 1.90. The van der Waals surface area contributed by atoms with Crippen LogP contribution in [0.4, 0.5) is 0 Å². The first kappa shape index (κ1) is 13.7. The van der Waals surface area contributed by atoms with E-state index in [1.165, 1.54) is 6.92 Å². The minimum Gasteiger partial charge on any atom is -0.478 e. The molecule has 1 amide bonds. The van der Waals surface area contributed by atoms with E-state index in [2.05, 4.69) is 0 Å². The zero-order chi connectivity index (χ0) is 13.2. The molecule has 0 aromatic carbocycles. The number of carboxylic acid groups (broad SMARTS) is 1. The number of ether oxygens (including phenoxy) is 1. The normalized spacial score (nSPS) is 26.5. The Morgan fingerprint density at radius 2 is 1.59 bits per heavy atom. The zero-order valence-electron chi connectivity index (χ0n) is 10.7. The number of carbonyl (C=O) groups excluding carboxylic acids is 1. The van der Waals surface area contributed by atoms with Crippen molar-refractivity contribution in [2.75, 3.05) is 13.1 Å². The second-order valence-corrected chi connectivity index (χ2v) is 4.52. The molecule has 17 heavy (non-hydrogen) atoms. The van der Waals surface area contributed by atoms with Gasteiger partial charge in [0, 0.05) is 24.2 Å². The Bertz CT molecular complexity index is 352. The van der Waals surface area contributed by atoms with Gasteiger partial charge in [-0.25, -0.2) is 4.79 Å². The summed E-state index contributed by atoms with van der Waals surface area (Å²) in [5.74, 6) is -1.27. The number of nitrogens with zero attached hydrogens (tertiary/aromatic N) is 1. The molecule has 5 heteroatoms. The second-order valence-electron chi connectivity index (χ2n) is 4.52. The SMILES string of the molecule is CC(C(=O)O)=C(C)C(=O)N1CC(C)OC(C)C1. The third kappa shape index (κ3) is 3.30. The molecular weight excluding hydrogens is 222 g/mol. The van der Waals surface area contributed by atoms with Gasteiger partial charge >= 0.3 is 5.97 Å². The van der Waals surface area contributed by atoms with Gasteiger partial charge in [-0.1, -0.05) is 0 Å². The third-order valence-corrected chi connectivity index (χ3v) is 2.91. The molecule has 0 radical (unpaired) electrons. The summed E-state index contributed by atoms with van der Waals surface area (Å²) in [5, 5.41) is 8.85. The summed E-state index contributed by atoms with van der Waals surface area (Å²) in [6, 6.07) is 0. The van der Waals surface area contributed by atoms with Gasteiger partial charge in [0.25, 0.3) is 0 Å². The Morgan fingerprint density at radius 1 is 1.12 bits per heavy atom. The average molecular weight is 241 g/mol. The monoisotopic (exact) mass is 241 g/mol. The lowest BCUT2D eigenvalue weighted by Crippen LogP contribution is -2.48. The van der Waals surface area contributed by atoms with Crippen molar-refractivity contribution in [3.8, 4) is 0 Å². The van der Waals surface area contributed by atoms with Crippen LogP contribution >= 0.6 is 0 Å². The van der Waals surface area contributed by atoms with Gasteiger partial charge in [-0.3, -0.25) is 4.79 Å². The van der Waals surface area contributed by atoms with Crippen LogP contribution in [0.2, 0.25) is 0 Å². The van der Waals surface area contributed by atoms with Crippen LogP contribution in [0, 0.1) is 0 Å². The first-order valence-corrected chi connectivity index (χ1v) is 5.68. The first-order valence-electron chi connectivity index (χ1n) is 5.68. The molecule has 0 spiro atoms. The molecule has 5 nitrogen and oxygen atoms in total. The Labute approximate surface area is 101 Å². The molecule has 96 valence electrons. The average Bonchev–Trinajstić information content (AvgIpc) is 2.24. The van der Waals surface area contributed by atoms with Crippen molar-refractivity contribution in [3.63, 3.8) is 0 Å². The summed E-state index contributed by atoms with van der Waals surface area (Å²) in [4.78, 5) is 24.5. The van der Waals surface area contributed by atoms with E-state index in [4.69, 9.17) is 9.84 Å². The van der Waals surface area contributed by atoms with E-state index < -0.39 is 5.97 Å². The molecular formula is C12H19NO4. The number of carbonyl (C=O) groups is 2. The van der Waals surface area contributed by atoms with Crippen LogP contribution < -0.4 is 0 Å². The minimum atomic E-state index is -1.05. The number of morpholine rings is 1. The quantitative estimate of drug-likeness (QED) is 0.734. The van der Waals surface area contributed by atoms with E-state index in [1.807, 2.05) is 13.8 Å². The molecule has 1 aliphatic heterocycles. The fourth-order valence-electron chi connectivity index (χ4n) is 1.90. The number of aliphatic carboxylic acids is 1. The van der Waals surface area contributed by atoms with Crippen molar-refractivity contribution >= 4 is 11.9 Å². The molecule has 2 atom stereocenters. The van der Waals surface area contributed by atoms with Gasteiger partial charge in [0.05, 0.1) is 12.2 Å². The van der Waals surface area contributed by atoms with Gasteiger partial charge in [0.15, 0.2) is 0 Å². The van der Waals surface area contributed by atoms with E-state index in [-0.39, 0.29) is 23.7 Å². The largest absolute Gasteiger partial charge is 0.478 e. The van der Waals surface area contributed by atoms with E-state index in [0.717, 1.165) is 0 Å². The lowest BCUT2D eigenvalue weighted by atomic mass is 10.1. The predicted molar refractivity (Wildman–Crippen MR) is 62.6 cm³/mol. The number of hydrogen-bond donors (Lipinski definition) is 1. The van der Waals surface area contributed by atoms with Gasteiger partial charge in [-0.2, -0.15) is 0 Å². The molecule has 0 bridgehead atoms. The lowest BCUT2D eigenvalue weighted by Gasteiger charge is -2.35. The molecule has 0 saturated carbocycles. The van der Waals surface area contributed by atoms with Gasteiger partial charge < -0.3 is 14.7 Å². The molecule has 0 aromatic rings. The van der Waals surface area contributed by atoms with Crippen LogP contribution in [0.3, 0.4) is 0 Å². The van der Waals surface area contributed by atoms with Crippen LogP contribution in [0.1, 0.15) is 27.7 Å². The number of hydrogen-bond acceptors (Lipinski definition) is 3. The van der Waals surface area contributed by atoms with Crippen molar-refractivity contribution in [1.29, 1.82) is 0 Å². The molecule has 1 aliphatic rings. The summed E-state index contributed by atoms with van der Waals surface area (Å²) in [7, 11) is 0. The maximum atomic E-state index is 12.1. The maximum absolute atomic E-state index is 12.1. The second kappa shape index (κ2) is 5.31. The highest BCUT2D eigenvalue weighted by molar-refractivity contribution is 6.01. The minimum absolute atomic E-state index is 0.0133. The van der Waals surface area contributed by atoms with Crippen LogP contribution in [-0.2, 0) is 14.3 Å². The summed E-state index contributed by atoms with van der Waals surface area (Å²) in [6.45, 7) is 7.82. The molecule has 0 aliphatic carbocycles. The zero-order valence-corrected chi connectivity index (χ0v) is 10.7. The Kier molecular flexibility index (Phi) is 4.28. The summed E-state index contributed by atoms with van der Waals surface area (Å²) in [5.41, 5.74) is 0.389. The van der Waals surface area contributed by atoms with Crippen molar-refractivity contribution < 1.29 is 19.4 Å². The molecule has 1 saturated heterocycles. The standard InChI is InChI=1S/C12H19NO4/c1-7-5-13(6-8(2)17-7)11(14)9(3)10(4)12(15)16/h7-8H,5-6H2,1-4H3,(H,15,16). The summed E-state index contributed by atoms with van der Waals surface area (Å²) >= 11 is 0. The van der Waals surface area contributed by atoms with Crippen LogP contribution in [-0.4, -0.2) is 47.2 Å². The highest BCUT2D eigenvalue weighted by atomic mass is 16.5. The maximum Gasteiger partial charge on any atom is 0.331 e. The van der Waals surface area contributed by atoms with E-state index in [1.54, 1.807) is 11.8 Å². The Morgan fingerprint density at radius 3 is 2.00 bits per heavy atom. The third-order valence-electron chi connectivity index (χ3n) is 2.91. The lowest BCUT2D eigenvalue weighted by molar-refractivity contribution is -0.140. The van der Waals surface area contributed by atoms with Crippen molar-refractivity contribution in [2.45, 2.75) is 39.9 Å². The van der Waals surface area contributed by atoms with Gasteiger partial charge in [0.2, 0.25) is 5.91 Å². The molecule has 1 heterocycles. The van der Waals surface area contributed by atoms with Crippen LogP contribution in [0.5, 0.6) is 0 Å². The molecule has 1 rings (SSSR count). The molecule has 0 aromatic heterocycles. The topological polar surface area (TPSA) is 66.8 Å². The van der Waals surface area contributed by atoms with E-state index in [9.17, 15) is 9.59 Å². The van der Waals surface area contributed by atoms with E-state index in [0.29, 0.717) is 18.7 Å². The highest BCUT2D eigenvalue weighted by Crippen LogP contribution is 2.15. The Hall–Kier alpha value is -1.36. The molecule has 1 fully saturated rings. The van der Waals surface area contributed by atoms with Crippen LogP contribution in [0.15, 0.2) is 11.1 Å². The van der Waals surface area contributed by atoms with Crippen molar-refractivity contribution in [2.24, 2.45) is 0 Å². The number of amides is 1. The summed E-state index contributed by atoms with van der Waals surface area (Å²) < 4.78 is 5.53. The number of rotatable bonds is 2. The summed E-state index contributed by atoms with van der Waals surface area (Å²) in [6.07, 6.45) is -0.0266.